The number of carbonyl (C=O) groups excluding carboxylic acids is 3. The molecule has 0 saturated carbocycles. The van der Waals surface area contributed by atoms with E-state index in [1.54, 1.807) is 30.5 Å². The maximum atomic E-state index is 13.3. The topological polar surface area (TPSA) is 107 Å². The molecule has 0 aliphatic carbocycles. The molecule has 5 rings (SSSR count). The molecule has 2 heterocycles. The van der Waals surface area contributed by atoms with E-state index < -0.39 is 5.91 Å². The van der Waals surface area contributed by atoms with Crippen LogP contribution in [-0.2, 0) is 16.1 Å². The standard InChI is InChI=1S/C34H39BrN6O4/c1-24-6-7-26(18-25(24)2)21-36-38-34(44)30-20-29(35)8-9-31(30)37-33(43)28-5-3-4-27(19-28)22-39-10-12-40(13-11-39)23-32(42)41-14-16-45-17-15-41/h3-9,18-21H,10-17,22-23H2,1-2H3,(H,37,43)(H,38,44)/b36-21+. The zero-order valence-electron chi connectivity index (χ0n) is 25.7. The van der Waals surface area contributed by atoms with Crippen molar-refractivity contribution >= 4 is 45.6 Å². The third kappa shape index (κ3) is 9.07. The van der Waals surface area contributed by atoms with Crippen molar-refractivity contribution in [3.05, 3.63) is 98.5 Å². The van der Waals surface area contributed by atoms with Crippen LogP contribution in [0.5, 0.6) is 0 Å². The van der Waals surface area contributed by atoms with Gasteiger partial charge in [-0.15, -0.1) is 0 Å². The number of amides is 3. The smallest absolute Gasteiger partial charge is 0.273 e. The van der Waals surface area contributed by atoms with Crippen LogP contribution in [0, 0.1) is 13.8 Å². The summed E-state index contributed by atoms with van der Waals surface area (Å²) in [5.74, 6) is -0.577. The minimum atomic E-state index is -0.439. The molecule has 3 aromatic rings. The van der Waals surface area contributed by atoms with Crippen LogP contribution in [0.3, 0.4) is 0 Å². The van der Waals surface area contributed by atoms with Gasteiger partial charge in [-0.05, 0) is 66.4 Å². The van der Waals surface area contributed by atoms with E-state index in [-0.39, 0.29) is 17.4 Å². The van der Waals surface area contributed by atoms with Crippen LogP contribution in [0.25, 0.3) is 0 Å². The second-order valence-electron chi connectivity index (χ2n) is 11.4. The molecule has 0 unspecified atom stereocenters. The normalized spacial score (nSPS) is 16.1. The van der Waals surface area contributed by atoms with E-state index in [4.69, 9.17) is 4.74 Å². The molecule has 2 saturated heterocycles. The van der Waals surface area contributed by atoms with E-state index in [0.29, 0.717) is 55.1 Å². The van der Waals surface area contributed by atoms with Crippen molar-refractivity contribution in [2.24, 2.45) is 5.10 Å². The van der Waals surface area contributed by atoms with Crippen molar-refractivity contribution in [2.45, 2.75) is 20.4 Å². The van der Waals surface area contributed by atoms with E-state index in [2.05, 4.69) is 41.6 Å². The van der Waals surface area contributed by atoms with Crippen LogP contribution < -0.4 is 10.7 Å². The molecular weight excluding hydrogens is 636 g/mol. The Balaban J connectivity index is 1.15. The summed E-state index contributed by atoms with van der Waals surface area (Å²) in [5, 5.41) is 7.02. The average molecular weight is 676 g/mol. The fraction of sp³-hybridized carbons (Fsp3) is 0.353. The van der Waals surface area contributed by atoms with Crippen LogP contribution in [-0.4, -0.2) is 97.7 Å². The number of rotatable bonds is 9. The van der Waals surface area contributed by atoms with E-state index in [1.807, 2.05) is 55.1 Å². The third-order valence-electron chi connectivity index (χ3n) is 8.17. The SMILES string of the molecule is Cc1ccc(/C=N/NC(=O)c2cc(Br)ccc2NC(=O)c2cccc(CN3CCN(CC(=O)N4CCOCC4)CC3)c2)cc1C. The Morgan fingerprint density at radius 3 is 2.38 bits per heavy atom. The molecule has 0 atom stereocenters. The predicted octanol–water partition coefficient (Wildman–Crippen LogP) is 4.06. The molecule has 3 amide bonds. The number of ether oxygens (including phenoxy) is 1. The summed E-state index contributed by atoms with van der Waals surface area (Å²) in [7, 11) is 0. The Labute approximate surface area is 272 Å². The monoisotopic (exact) mass is 674 g/mol. The molecule has 3 aromatic carbocycles. The number of nitrogens with one attached hydrogen (secondary N) is 2. The molecule has 236 valence electrons. The first kappa shape index (κ1) is 32.5. The largest absolute Gasteiger partial charge is 0.378 e. The number of hydrogen-bond donors (Lipinski definition) is 2. The Hall–Kier alpha value is -3.90. The Morgan fingerprint density at radius 1 is 0.867 bits per heavy atom. The average Bonchev–Trinajstić information content (AvgIpc) is 3.05. The zero-order chi connectivity index (χ0) is 31.8. The Bertz CT molecular complexity index is 1560. The summed E-state index contributed by atoms with van der Waals surface area (Å²) in [6.07, 6.45) is 1.59. The van der Waals surface area contributed by atoms with Crippen LogP contribution in [0.15, 0.2) is 70.2 Å². The summed E-state index contributed by atoms with van der Waals surface area (Å²) >= 11 is 3.42. The van der Waals surface area contributed by atoms with Gasteiger partial charge in [-0.2, -0.15) is 5.10 Å². The van der Waals surface area contributed by atoms with Crippen molar-refractivity contribution in [1.29, 1.82) is 0 Å². The molecule has 0 bridgehead atoms. The van der Waals surface area contributed by atoms with Crippen LogP contribution in [0.2, 0.25) is 0 Å². The molecule has 2 aliphatic rings. The quantitative estimate of drug-likeness (QED) is 0.262. The molecule has 2 aliphatic heterocycles. The number of piperazine rings is 1. The number of carbonyl (C=O) groups is 3. The molecular formula is C34H39BrN6O4. The van der Waals surface area contributed by atoms with E-state index in [0.717, 1.165) is 42.9 Å². The molecule has 2 fully saturated rings. The maximum absolute atomic E-state index is 13.3. The maximum Gasteiger partial charge on any atom is 0.273 e. The lowest BCUT2D eigenvalue weighted by Gasteiger charge is -2.36. The molecule has 0 spiro atoms. The number of nitrogens with zero attached hydrogens (tertiary/aromatic N) is 4. The highest BCUT2D eigenvalue weighted by atomic mass is 79.9. The second-order valence-corrected chi connectivity index (χ2v) is 12.3. The fourth-order valence-corrected chi connectivity index (χ4v) is 5.72. The number of halogens is 1. The van der Waals surface area contributed by atoms with Gasteiger partial charge in [0.25, 0.3) is 11.8 Å². The number of hydrazone groups is 1. The van der Waals surface area contributed by atoms with Gasteiger partial charge in [-0.1, -0.05) is 46.3 Å². The lowest BCUT2D eigenvalue weighted by Crippen LogP contribution is -2.51. The summed E-state index contributed by atoms with van der Waals surface area (Å²) in [5.41, 5.74) is 7.97. The van der Waals surface area contributed by atoms with E-state index in [1.165, 1.54) is 5.56 Å². The number of benzene rings is 3. The Morgan fingerprint density at radius 2 is 1.62 bits per heavy atom. The van der Waals surface area contributed by atoms with Crippen molar-refractivity contribution in [1.82, 2.24) is 20.1 Å². The van der Waals surface area contributed by atoms with Crippen molar-refractivity contribution < 1.29 is 19.1 Å². The van der Waals surface area contributed by atoms with Gasteiger partial charge < -0.3 is 15.0 Å². The molecule has 11 heteroatoms. The number of anilines is 1. The predicted molar refractivity (Wildman–Crippen MR) is 179 cm³/mol. The number of hydrogen-bond acceptors (Lipinski definition) is 7. The zero-order valence-corrected chi connectivity index (χ0v) is 27.3. The lowest BCUT2D eigenvalue weighted by molar-refractivity contribution is -0.136. The van der Waals surface area contributed by atoms with Gasteiger partial charge in [0.2, 0.25) is 5.91 Å². The molecule has 0 aromatic heterocycles. The van der Waals surface area contributed by atoms with E-state index >= 15 is 0 Å². The molecule has 10 nitrogen and oxygen atoms in total. The highest BCUT2D eigenvalue weighted by Crippen LogP contribution is 2.22. The first-order valence-corrected chi connectivity index (χ1v) is 16.0. The van der Waals surface area contributed by atoms with Gasteiger partial charge in [-0.3, -0.25) is 24.2 Å². The molecule has 2 N–H and O–H groups in total. The summed E-state index contributed by atoms with van der Waals surface area (Å²) in [6, 6.07) is 18.6. The number of morpholine rings is 1. The summed E-state index contributed by atoms with van der Waals surface area (Å²) in [6.45, 7) is 11.1. The van der Waals surface area contributed by atoms with Gasteiger partial charge >= 0.3 is 0 Å². The van der Waals surface area contributed by atoms with Gasteiger partial charge in [0.1, 0.15) is 0 Å². The lowest BCUT2D eigenvalue weighted by atomic mass is 10.1. The highest BCUT2D eigenvalue weighted by molar-refractivity contribution is 9.10. The molecule has 0 radical (unpaired) electrons. The minimum absolute atomic E-state index is 0.168. The van der Waals surface area contributed by atoms with Gasteiger partial charge in [-0.25, -0.2) is 5.43 Å². The first-order valence-electron chi connectivity index (χ1n) is 15.2. The molecule has 45 heavy (non-hydrogen) atoms. The van der Waals surface area contributed by atoms with Crippen molar-refractivity contribution in [3.63, 3.8) is 0 Å². The van der Waals surface area contributed by atoms with Crippen LogP contribution in [0.1, 0.15) is 43.0 Å². The van der Waals surface area contributed by atoms with Crippen molar-refractivity contribution in [3.8, 4) is 0 Å². The van der Waals surface area contributed by atoms with Crippen LogP contribution in [0.4, 0.5) is 5.69 Å². The van der Waals surface area contributed by atoms with Crippen LogP contribution >= 0.6 is 15.9 Å². The second kappa shape index (κ2) is 15.4. The van der Waals surface area contributed by atoms with Gasteiger partial charge in [0.05, 0.1) is 37.2 Å². The summed E-state index contributed by atoms with van der Waals surface area (Å²) in [4.78, 5) is 45.4. The highest BCUT2D eigenvalue weighted by Gasteiger charge is 2.23. The van der Waals surface area contributed by atoms with Gasteiger partial charge in [0.15, 0.2) is 0 Å². The first-order chi connectivity index (χ1) is 21.7. The summed E-state index contributed by atoms with van der Waals surface area (Å²) < 4.78 is 6.06. The number of aryl methyl sites for hydroxylation is 2. The van der Waals surface area contributed by atoms with Crippen molar-refractivity contribution in [2.75, 3.05) is 64.3 Å². The minimum Gasteiger partial charge on any atom is -0.378 e. The Kier molecular flexibility index (Phi) is 11.1. The van der Waals surface area contributed by atoms with Gasteiger partial charge in [0, 0.05) is 55.8 Å². The third-order valence-corrected chi connectivity index (χ3v) is 8.66. The van der Waals surface area contributed by atoms with E-state index in [9.17, 15) is 14.4 Å². The fourth-order valence-electron chi connectivity index (χ4n) is 5.36.